The van der Waals surface area contributed by atoms with E-state index in [4.69, 9.17) is 4.74 Å². The minimum atomic E-state index is -0.734. The van der Waals surface area contributed by atoms with Crippen LogP contribution in [-0.4, -0.2) is 29.9 Å². The largest absolute Gasteiger partial charge is 0.497 e. The second-order valence-electron chi connectivity index (χ2n) is 3.41. The molecule has 5 heteroatoms. The lowest BCUT2D eigenvalue weighted by molar-refractivity contribution is 0.414. The van der Waals surface area contributed by atoms with Crippen LogP contribution in [0.1, 0.15) is 5.56 Å². The number of rotatable bonds is 6. The van der Waals surface area contributed by atoms with Crippen molar-refractivity contribution in [1.82, 2.24) is 5.32 Å². The van der Waals surface area contributed by atoms with Crippen LogP contribution in [0.15, 0.2) is 22.7 Å². The summed E-state index contributed by atoms with van der Waals surface area (Å²) in [5, 5.41) is 3.25. The van der Waals surface area contributed by atoms with Gasteiger partial charge in [0.2, 0.25) is 0 Å². The lowest BCUT2D eigenvalue weighted by Gasteiger charge is -2.08. The first-order valence-corrected chi connectivity index (χ1v) is 7.48. The minimum Gasteiger partial charge on any atom is -0.497 e. The van der Waals surface area contributed by atoms with Gasteiger partial charge in [0.25, 0.3) is 0 Å². The highest BCUT2D eigenvalue weighted by Gasteiger charge is 2.01. The van der Waals surface area contributed by atoms with E-state index in [0.717, 1.165) is 28.9 Å². The quantitative estimate of drug-likeness (QED) is 0.816. The molecule has 0 radical (unpaired) electrons. The first-order chi connectivity index (χ1) is 7.63. The minimum absolute atomic E-state index is 0.682. The Balaban J connectivity index is 2.49. The molecule has 3 nitrogen and oxygen atoms in total. The monoisotopic (exact) mass is 305 g/mol. The van der Waals surface area contributed by atoms with Crippen molar-refractivity contribution >= 4 is 26.7 Å². The lowest BCUT2D eigenvalue weighted by atomic mass is 10.2. The maximum Gasteiger partial charge on any atom is 0.119 e. The molecule has 1 aromatic carbocycles. The number of nitrogens with one attached hydrogen (secondary N) is 1. The van der Waals surface area contributed by atoms with Gasteiger partial charge < -0.3 is 10.1 Å². The zero-order valence-electron chi connectivity index (χ0n) is 9.46. The van der Waals surface area contributed by atoms with Gasteiger partial charge in [-0.25, -0.2) is 0 Å². The first-order valence-electron chi connectivity index (χ1n) is 4.96. The van der Waals surface area contributed by atoms with E-state index in [9.17, 15) is 4.21 Å². The molecule has 1 aromatic rings. The van der Waals surface area contributed by atoms with E-state index < -0.39 is 10.8 Å². The van der Waals surface area contributed by atoms with E-state index in [-0.39, 0.29) is 0 Å². The predicted molar refractivity (Wildman–Crippen MR) is 71.3 cm³/mol. The molecule has 0 aliphatic carbocycles. The van der Waals surface area contributed by atoms with Crippen molar-refractivity contribution in [2.75, 3.05) is 25.7 Å². The molecule has 0 bridgehead atoms. The molecular weight excluding hydrogens is 290 g/mol. The van der Waals surface area contributed by atoms with Crippen molar-refractivity contribution < 1.29 is 8.95 Å². The van der Waals surface area contributed by atoms with Gasteiger partial charge in [-0.15, -0.1) is 0 Å². The van der Waals surface area contributed by atoms with E-state index in [1.807, 2.05) is 18.2 Å². The molecule has 0 saturated carbocycles. The summed E-state index contributed by atoms with van der Waals surface area (Å²) < 4.78 is 17.1. The number of ether oxygens (including phenoxy) is 1. The van der Waals surface area contributed by atoms with Crippen molar-refractivity contribution in [3.63, 3.8) is 0 Å². The summed E-state index contributed by atoms with van der Waals surface area (Å²) in [4.78, 5) is 0. The molecule has 1 rings (SSSR count). The smallest absolute Gasteiger partial charge is 0.119 e. The highest BCUT2D eigenvalue weighted by atomic mass is 79.9. The van der Waals surface area contributed by atoms with E-state index in [2.05, 4.69) is 21.2 Å². The van der Waals surface area contributed by atoms with Gasteiger partial charge in [-0.05, 0) is 23.8 Å². The topological polar surface area (TPSA) is 38.3 Å². The molecule has 1 unspecified atom stereocenters. The number of hydrogen-bond donors (Lipinski definition) is 1. The molecule has 0 spiro atoms. The van der Waals surface area contributed by atoms with E-state index in [1.54, 1.807) is 13.4 Å². The zero-order chi connectivity index (χ0) is 12.0. The van der Waals surface area contributed by atoms with Crippen LogP contribution in [0.4, 0.5) is 0 Å². The van der Waals surface area contributed by atoms with Crippen LogP contribution in [0, 0.1) is 0 Å². The van der Waals surface area contributed by atoms with Crippen molar-refractivity contribution in [3.05, 3.63) is 28.2 Å². The zero-order valence-corrected chi connectivity index (χ0v) is 11.9. The standard InChI is InChI=1S/C11H16BrNO2S/c1-15-10-3-4-11(12)9(7-10)8-13-5-6-16(2)14/h3-4,7,13H,5-6,8H2,1-2H3. The first kappa shape index (κ1) is 13.7. The molecule has 16 heavy (non-hydrogen) atoms. The van der Waals surface area contributed by atoms with Crippen LogP contribution in [0.3, 0.4) is 0 Å². The Labute approximate surface area is 107 Å². The molecule has 1 N–H and O–H groups in total. The molecule has 0 aliphatic rings. The predicted octanol–water partition coefficient (Wildman–Crippen LogP) is 1.93. The van der Waals surface area contributed by atoms with E-state index in [0.29, 0.717) is 5.75 Å². The molecule has 0 aliphatic heterocycles. The molecule has 0 fully saturated rings. The van der Waals surface area contributed by atoms with Gasteiger partial charge in [-0.1, -0.05) is 15.9 Å². The van der Waals surface area contributed by atoms with Crippen LogP contribution >= 0.6 is 15.9 Å². The molecule has 0 aromatic heterocycles. The highest BCUT2D eigenvalue weighted by Crippen LogP contribution is 2.22. The van der Waals surface area contributed by atoms with Crippen molar-refractivity contribution in [1.29, 1.82) is 0 Å². The second kappa shape index (κ2) is 7.04. The second-order valence-corrected chi connectivity index (χ2v) is 5.82. The van der Waals surface area contributed by atoms with Gasteiger partial charge in [0.15, 0.2) is 0 Å². The maximum atomic E-state index is 10.9. The number of methoxy groups -OCH3 is 1. The third-order valence-corrected chi connectivity index (χ3v) is 3.69. The van der Waals surface area contributed by atoms with Gasteiger partial charge in [0.05, 0.1) is 7.11 Å². The lowest BCUT2D eigenvalue weighted by Crippen LogP contribution is -2.19. The SMILES string of the molecule is COc1ccc(Br)c(CNCCS(C)=O)c1. The van der Waals surface area contributed by atoms with Crippen molar-refractivity contribution in [3.8, 4) is 5.75 Å². The Morgan fingerprint density at radius 2 is 2.25 bits per heavy atom. The summed E-state index contributed by atoms with van der Waals surface area (Å²) in [6, 6.07) is 5.86. The maximum absolute atomic E-state index is 10.9. The van der Waals surface area contributed by atoms with Crippen LogP contribution in [-0.2, 0) is 17.3 Å². The van der Waals surface area contributed by atoms with Gasteiger partial charge in [0.1, 0.15) is 5.75 Å². The Morgan fingerprint density at radius 1 is 1.50 bits per heavy atom. The Hall–Kier alpha value is -0.390. The normalized spacial score (nSPS) is 12.4. The fourth-order valence-corrected chi connectivity index (χ4v) is 2.07. The van der Waals surface area contributed by atoms with E-state index >= 15 is 0 Å². The molecular formula is C11H16BrNO2S. The molecule has 0 amide bonds. The van der Waals surface area contributed by atoms with Gasteiger partial charge in [0, 0.05) is 40.4 Å². The Morgan fingerprint density at radius 3 is 2.88 bits per heavy atom. The molecule has 0 heterocycles. The third kappa shape index (κ3) is 4.63. The fourth-order valence-electron chi connectivity index (χ4n) is 1.25. The van der Waals surface area contributed by atoms with Crippen LogP contribution in [0.25, 0.3) is 0 Å². The highest BCUT2D eigenvalue weighted by molar-refractivity contribution is 9.10. The Kier molecular flexibility index (Phi) is 6.01. The van der Waals surface area contributed by atoms with Crippen LogP contribution in [0.2, 0.25) is 0 Å². The van der Waals surface area contributed by atoms with Gasteiger partial charge in [-0.3, -0.25) is 4.21 Å². The van der Waals surface area contributed by atoms with E-state index in [1.165, 1.54) is 0 Å². The van der Waals surface area contributed by atoms with Crippen molar-refractivity contribution in [2.45, 2.75) is 6.54 Å². The summed E-state index contributed by atoms with van der Waals surface area (Å²) in [5.41, 5.74) is 1.14. The van der Waals surface area contributed by atoms with Gasteiger partial charge in [-0.2, -0.15) is 0 Å². The fraction of sp³-hybridized carbons (Fsp3) is 0.455. The third-order valence-electron chi connectivity index (χ3n) is 2.13. The molecule has 1 atom stereocenters. The van der Waals surface area contributed by atoms with Crippen molar-refractivity contribution in [2.24, 2.45) is 0 Å². The summed E-state index contributed by atoms with van der Waals surface area (Å²) in [6.07, 6.45) is 1.71. The van der Waals surface area contributed by atoms with Gasteiger partial charge >= 0.3 is 0 Å². The summed E-state index contributed by atoms with van der Waals surface area (Å²) in [5.74, 6) is 1.53. The summed E-state index contributed by atoms with van der Waals surface area (Å²) in [6.45, 7) is 1.50. The Bertz CT molecular complexity index is 371. The number of hydrogen-bond acceptors (Lipinski definition) is 3. The van der Waals surface area contributed by atoms with Crippen LogP contribution < -0.4 is 10.1 Å². The average molecular weight is 306 g/mol. The summed E-state index contributed by atoms with van der Waals surface area (Å²) in [7, 11) is 0.920. The van der Waals surface area contributed by atoms with Crippen LogP contribution in [0.5, 0.6) is 5.75 Å². The number of halogens is 1. The number of benzene rings is 1. The summed E-state index contributed by atoms with van der Waals surface area (Å²) >= 11 is 3.49. The molecule has 0 saturated heterocycles. The molecule has 90 valence electrons. The average Bonchev–Trinajstić information content (AvgIpc) is 2.26.